The van der Waals surface area contributed by atoms with E-state index in [1.807, 2.05) is 6.92 Å². The SMILES string of the molecule is C[C@H]1CC(c2ccc(C(F)(F)F)cc2)C(=O)c2c(NC(=O)c3ncccn3)cnn21. The molecule has 0 spiro atoms. The van der Waals surface area contributed by atoms with Gasteiger partial charge in [0.15, 0.2) is 5.78 Å². The minimum atomic E-state index is -4.45. The van der Waals surface area contributed by atoms with Gasteiger partial charge in [0, 0.05) is 12.4 Å². The standard InChI is InChI=1S/C20H16F3N5O2/c1-11-9-14(12-3-5-13(6-4-12)20(21,22)23)17(29)16-15(10-26-28(11)16)27-19(30)18-24-7-2-8-25-18/h2-8,10-11,14H,9H2,1H3,(H,27,30)/t11-,14?/m0/s1. The van der Waals surface area contributed by atoms with Gasteiger partial charge in [-0.15, -0.1) is 0 Å². The molecule has 0 fully saturated rings. The fourth-order valence-corrected chi connectivity index (χ4v) is 3.53. The number of fused-ring (bicyclic) bond motifs is 1. The number of hydrogen-bond donors (Lipinski definition) is 1. The molecule has 4 rings (SSSR count). The van der Waals surface area contributed by atoms with Crippen LogP contribution in [0.25, 0.3) is 0 Å². The predicted molar refractivity (Wildman–Crippen MR) is 100 cm³/mol. The van der Waals surface area contributed by atoms with Crippen LogP contribution in [-0.2, 0) is 6.18 Å². The first-order chi connectivity index (χ1) is 14.3. The Labute approximate surface area is 169 Å². The second-order valence-electron chi connectivity index (χ2n) is 7.00. The summed E-state index contributed by atoms with van der Waals surface area (Å²) in [6.45, 7) is 1.85. The Bertz CT molecular complexity index is 1090. The summed E-state index contributed by atoms with van der Waals surface area (Å²) < 4.78 is 40.0. The molecule has 1 aliphatic rings. The van der Waals surface area contributed by atoms with Crippen LogP contribution in [0.1, 0.15) is 57.5 Å². The number of rotatable bonds is 3. The molecule has 1 aliphatic heterocycles. The number of nitrogens with zero attached hydrogens (tertiary/aromatic N) is 4. The van der Waals surface area contributed by atoms with Crippen LogP contribution in [-0.4, -0.2) is 31.4 Å². The van der Waals surface area contributed by atoms with Crippen molar-refractivity contribution in [3.05, 3.63) is 71.6 Å². The van der Waals surface area contributed by atoms with E-state index in [9.17, 15) is 22.8 Å². The number of alkyl halides is 3. The molecule has 3 heterocycles. The zero-order valence-corrected chi connectivity index (χ0v) is 15.7. The van der Waals surface area contributed by atoms with Crippen molar-refractivity contribution in [2.24, 2.45) is 0 Å². The van der Waals surface area contributed by atoms with Gasteiger partial charge in [0.25, 0.3) is 5.91 Å². The maximum Gasteiger partial charge on any atom is 0.416 e. The highest BCUT2D eigenvalue weighted by atomic mass is 19.4. The van der Waals surface area contributed by atoms with E-state index in [1.54, 1.807) is 6.07 Å². The summed E-state index contributed by atoms with van der Waals surface area (Å²) in [4.78, 5) is 33.3. The van der Waals surface area contributed by atoms with E-state index < -0.39 is 23.6 Å². The molecule has 0 bridgehead atoms. The molecule has 0 saturated carbocycles. The monoisotopic (exact) mass is 415 g/mol. The van der Waals surface area contributed by atoms with Crippen molar-refractivity contribution >= 4 is 17.4 Å². The van der Waals surface area contributed by atoms with Crippen LogP contribution in [0.2, 0.25) is 0 Å². The lowest BCUT2D eigenvalue weighted by molar-refractivity contribution is -0.137. The number of ketones is 1. The number of Topliss-reactive ketones (excluding diaryl/α,β-unsaturated/α-hetero) is 1. The molecule has 30 heavy (non-hydrogen) atoms. The zero-order valence-electron chi connectivity index (χ0n) is 15.7. The smallest absolute Gasteiger partial charge is 0.316 e. The minimum Gasteiger partial charge on any atom is -0.316 e. The van der Waals surface area contributed by atoms with E-state index >= 15 is 0 Å². The first kappa shape index (κ1) is 19.7. The maximum atomic E-state index is 13.2. The second kappa shape index (κ2) is 7.36. The number of carbonyl (C=O) groups is 2. The number of anilines is 1. The van der Waals surface area contributed by atoms with Crippen molar-refractivity contribution in [1.82, 2.24) is 19.7 Å². The number of carbonyl (C=O) groups excluding carboxylic acids is 2. The molecule has 7 nitrogen and oxygen atoms in total. The van der Waals surface area contributed by atoms with Gasteiger partial charge in [-0.2, -0.15) is 18.3 Å². The number of nitrogens with one attached hydrogen (secondary N) is 1. The van der Waals surface area contributed by atoms with E-state index in [2.05, 4.69) is 20.4 Å². The van der Waals surface area contributed by atoms with Crippen molar-refractivity contribution in [1.29, 1.82) is 0 Å². The molecular weight excluding hydrogens is 399 g/mol. The lowest BCUT2D eigenvalue weighted by Crippen LogP contribution is -2.29. The van der Waals surface area contributed by atoms with Gasteiger partial charge in [-0.1, -0.05) is 12.1 Å². The first-order valence-corrected chi connectivity index (χ1v) is 9.13. The molecule has 0 aliphatic carbocycles. The van der Waals surface area contributed by atoms with Crippen molar-refractivity contribution in [2.45, 2.75) is 31.5 Å². The van der Waals surface area contributed by atoms with Gasteiger partial charge < -0.3 is 5.32 Å². The largest absolute Gasteiger partial charge is 0.416 e. The van der Waals surface area contributed by atoms with Gasteiger partial charge in [-0.3, -0.25) is 14.3 Å². The van der Waals surface area contributed by atoms with Gasteiger partial charge in [0.2, 0.25) is 5.82 Å². The number of aromatic nitrogens is 4. The summed E-state index contributed by atoms with van der Waals surface area (Å²) in [5.74, 6) is -1.62. The molecule has 3 aromatic rings. The molecule has 2 atom stereocenters. The molecule has 154 valence electrons. The van der Waals surface area contributed by atoms with E-state index in [-0.39, 0.29) is 29.0 Å². The molecule has 1 aromatic carbocycles. The Balaban J connectivity index is 1.63. The van der Waals surface area contributed by atoms with Crippen LogP contribution in [0.5, 0.6) is 0 Å². The van der Waals surface area contributed by atoms with Gasteiger partial charge in [0.1, 0.15) is 5.69 Å². The summed E-state index contributed by atoms with van der Waals surface area (Å²) in [6.07, 6.45) is 0.151. The highest BCUT2D eigenvalue weighted by Crippen LogP contribution is 2.39. The molecular formula is C20H16F3N5O2. The third-order valence-electron chi connectivity index (χ3n) is 5.00. The van der Waals surface area contributed by atoms with Gasteiger partial charge in [0.05, 0.1) is 29.4 Å². The molecule has 10 heteroatoms. The fraction of sp³-hybridized carbons (Fsp3) is 0.250. The van der Waals surface area contributed by atoms with E-state index in [1.165, 1.54) is 35.4 Å². The summed E-state index contributed by atoms with van der Waals surface area (Å²) in [7, 11) is 0. The van der Waals surface area contributed by atoms with Crippen LogP contribution >= 0.6 is 0 Å². The summed E-state index contributed by atoms with van der Waals surface area (Å²) in [5, 5.41) is 6.80. The molecule has 1 unspecified atom stereocenters. The van der Waals surface area contributed by atoms with Gasteiger partial charge >= 0.3 is 6.18 Å². The Morgan fingerprint density at radius 2 is 1.83 bits per heavy atom. The Morgan fingerprint density at radius 3 is 2.47 bits per heavy atom. The summed E-state index contributed by atoms with van der Waals surface area (Å²) >= 11 is 0. The van der Waals surface area contributed by atoms with Crippen LogP contribution in [0.3, 0.4) is 0 Å². The lowest BCUT2D eigenvalue weighted by atomic mass is 9.84. The van der Waals surface area contributed by atoms with E-state index in [0.717, 1.165) is 12.1 Å². The quantitative estimate of drug-likeness (QED) is 0.701. The Kier molecular flexibility index (Phi) is 4.84. The highest BCUT2D eigenvalue weighted by molar-refractivity contribution is 6.09. The van der Waals surface area contributed by atoms with Crippen molar-refractivity contribution in [2.75, 3.05) is 5.32 Å². The molecule has 1 N–H and O–H groups in total. The lowest BCUT2D eigenvalue weighted by Gasteiger charge is -2.28. The summed E-state index contributed by atoms with van der Waals surface area (Å²) in [6, 6.07) is 5.95. The van der Waals surface area contributed by atoms with E-state index in [4.69, 9.17) is 0 Å². The number of amides is 1. The predicted octanol–water partition coefficient (Wildman–Crippen LogP) is 3.88. The number of hydrogen-bond acceptors (Lipinski definition) is 5. The third kappa shape index (κ3) is 3.56. The van der Waals surface area contributed by atoms with Crippen LogP contribution < -0.4 is 5.32 Å². The molecule has 1 amide bonds. The maximum absolute atomic E-state index is 13.2. The Hall–Kier alpha value is -3.56. The molecule has 0 saturated heterocycles. The van der Waals surface area contributed by atoms with Crippen molar-refractivity contribution in [3.63, 3.8) is 0 Å². The second-order valence-corrected chi connectivity index (χ2v) is 7.00. The molecule has 2 aromatic heterocycles. The normalized spacial score (nSPS) is 18.7. The van der Waals surface area contributed by atoms with Crippen LogP contribution in [0.4, 0.5) is 18.9 Å². The fourth-order valence-electron chi connectivity index (χ4n) is 3.53. The van der Waals surface area contributed by atoms with Gasteiger partial charge in [-0.05, 0) is 37.1 Å². The Morgan fingerprint density at radius 1 is 1.17 bits per heavy atom. The highest BCUT2D eigenvalue weighted by Gasteiger charge is 2.37. The third-order valence-corrected chi connectivity index (χ3v) is 5.00. The van der Waals surface area contributed by atoms with Crippen LogP contribution in [0, 0.1) is 0 Å². The first-order valence-electron chi connectivity index (χ1n) is 9.13. The van der Waals surface area contributed by atoms with Crippen molar-refractivity contribution < 1.29 is 22.8 Å². The topological polar surface area (TPSA) is 89.8 Å². The molecule has 0 radical (unpaired) electrons. The van der Waals surface area contributed by atoms with Crippen molar-refractivity contribution in [3.8, 4) is 0 Å². The average Bonchev–Trinajstić information content (AvgIpc) is 3.15. The average molecular weight is 415 g/mol. The summed E-state index contributed by atoms with van der Waals surface area (Å²) in [5.41, 5.74) is 0.114. The van der Waals surface area contributed by atoms with Crippen LogP contribution in [0.15, 0.2) is 48.9 Å². The van der Waals surface area contributed by atoms with E-state index in [0.29, 0.717) is 12.0 Å². The number of benzene rings is 1. The zero-order chi connectivity index (χ0) is 21.5. The minimum absolute atomic E-state index is 0.0620. The van der Waals surface area contributed by atoms with Gasteiger partial charge in [-0.25, -0.2) is 9.97 Å². The number of halogens is 3.